The maximum atomic E-state index is 11.8. The number of fused-ring (bicyclic) bond motifs is 1. The van der Waals surface area contributed by atoms with E-state index in [-0.39, 0.29) is 18.5 Å². The van der Waals surface area contributed by atoms with E-state index >= 15 is 0 Å². The average Bonchev–Trinajstić information content (AvgIpc) is 2.70. The van der Waals surface area contributed by atoms with Crippen LogP contribution in [-0.2, 0) is 16.1 Å². The number of anilines is 1. The number of esters is 1. The van der Waals surface area contributed by atoms with Crippen LogP contribution in [0, 0.1) is 5.92 Å². The van der Waals surface area contributed by atoms with Gasteiger partial charge in [-0.05, 0) is 30.5 Å². The van der Waals surface area contributed by atoms with Gasteiger partial charge in [0.05, 0.1) is 5.56 Å². The van der Waals surface area contributed by atoms with Crippen LogP contribution in [0.2, 0.25) is 0 Å². The smallest absolute Gasteiger partial charge is 0.338 e. The fourth-order valence-electron chi connectivity index (χ4n) is 1.99. The Balaban J connectivity index is 2.04. The maximum absolute atomic E-state index is 11.8. The molecule has 0 radical (unpaired) electrons. The quantitative estimate of drug-likeness (QED) is 0.811. The van der Waals surface area contributed by atoms with Crippen molar-refractivity contribution in [1.29, 1.82) is 0 Å². The molecule has 0 saturated heterocycles. The Hall–Kier alpha value is -1.88. The van der Waals surface area contributed by atoms with Crippen LogP contribution >= 0.6 is 0 Å². The van der Waals surface area contributed by atoms with Crippen molar-refractivity contribution in [3.05, 3.63) is 29.3 Å². The minimum atomic E-state index is -1.02. The SMILES string of the molecule is CC(C)CC(O)C(=O)Nc1ccc2c(c1)COC2=O. The molecular weight excluding hydrogens is 246 g/mol. The number of carbonyl (C=O) groups excluding carboxylic acids is 2. The van der Waals surface area contributed by atoms with E-state index in [0.29, 0.717) is 17.7 Å². The Morgan fingerprint density at radius 2 is 2.21 bits per heavy atom. The molecular formula is C14H17NO4. The van der Waals surface area contributed by atoms with Crippen molar-refractivity contribution < 1.29 is 19.4 Å². The molecule has 1 atom stereocenters. The third-order valence-corrected chi connectivity index (χ3v) is 2.95. The zero-order valence-corrected chi connectivity index (χ0v) is 11.0. The van der Waals surface area contributed by atoms with E-state index in [4.69, 9.17) is 4.74 Å². The van der Waals surface area contributed by atoms with Crippen molar-refractivity contribution in [2.45, 2.75) is 33.0 Å². The molecule has 1 heterocycles. The minimum absolute atomic E-state index is 0.229. The zero-order valence-electron chi connectivity index (χ0n) is 11.0. The number of benzene rings is 1. The molecule has 2 N–H and O–H groups in total. The summed E-state index contributed by atoms with van der Waals surface area (Å²) in [4.78, 5) is 23.0. The molecule has 1 aliphatic rings. The number of nitrogens with one attached hydrogen (secondary N) is 1. The number of rotatable bonds is 4. The largest absolute Gasteiger partial charge is 0.457 e. The van der Waals surface area contributed by atoms with E-state index in [9.17, 15) is 14.7 Å². The first-order chi connectivity index (χ1) is 8.97. The first kappa shape index (κ1) is 13.5. The molecule has 1 amide bonds. The number of carbonyl (C=O) groups is 2. The van der Waals surface area contributed by atoms with Crippen molar-refractivity contribution in [2.24, 2.45) is 5.92 Å². The second-order valence-corrected chi connectivity index (χ2v) is 5.08. The van der Waals surface area contributed by atoms with Crippen LogP contribution in [-0.4, -0.2) is 23.1 Å². The molecule has 102 valence electrons. The first-order valence-corrected chi connectivity index (χ1v) is 6.26. The topological polar surface area (TPSA) is 75.6 Å². The van der Waals surface area contributed by atoms with E-state index in [1.165, 1.54) is 0 Å². The van der Waals surface area contributed by atoms with Gasteiger partial charge in [0.2, 0.25) is 0 Å². The lowest BCUT2D eigenvalue weighted by molar-refractivity contribution is -0.124. The number of ether oxygens (including phenoxy) is 1. The van der Waals surface area contributed by atoms with Crippen LogP contribution in [0.4, 0.5) is 5.69 Å². The van der Waals surface area contributed by atoms with Gasteiger partial charge in [-0.3, -0.25) is 4.79 Å². The highest BCUT2D eigenvalue weighted by Gasteiger charge is 2.22. The van der Waals surface area contributed by atoms with Gasteiger partial charge in [0.15, 0.2) is 0 Å². The summed E-state index contributed by atoms with van der Waals surface area (Å²) in [5.41, 5.74) is 1.84. The zero-order chi connectivity index (χ0) is 14.0. The van der Waals surface area contributed by atoms with Crippen molar-refractivity contribution in [3.63, 3.8) is 0 Å². The van der Waals surface area contributed by atoms with Gasteiger partial charge in [0.1, 0.15) is 12.7 Å². The first-order valence-electron chi connectivity index (χ1n) is 6.26. The molecule has 0 fully saturated rings. The van der Waals surface area contributed by atoms with Crippen LogP contribution in [0.5, 0.6) is 0 Å². The fourth-order valence-corrected chi connectivity index (χ4v) is 1.99. The molecule has 1 aromatic carbocycles. The highest BCUT2D eigenvalue weighted by Crippen LogP contribution is 2.23. The van der Waals surface area contributed by atoms with Crippen molar-refractivity contribution in [2.75, 3.05) is 5.32 Å². The molecule has 1 aliphatic heterocycles. The van der Waals surface area contributed by atoms with Gasteiger partial charge in [0.25, 0.3) is 5.91 Å². The van der Waals surface area contributed by atoms with Crippen molar-refractivity contribution in [3.8, 4) is 0 Å². The van der Waals surface area contributed by atoms with Gasteiger partial charge in [0, 0.05) is 11.3 Å². The third kappa shape index (κ3) is 3.12. The summed E-state index contributed by atoms with van der Waals surface area (Å²) < 4.78 is 4.88. The van der Waals surface area contributed by atoms with Crippen molar-refractivity contribution in [1.82, 2.24) is 0 Å². The molecule has 0 bridgehead atoms. The maximum Gasteiger partial charge on any atom is 0.338 e. The van der Waals surface area contributed by atoms with Gasteiger partial charge in [-0.25, -0.2) is 4.79 Å². The Labute approximate surface area is 111 Å². The highest BCUT2D eigenvalue weighted by atomic mass is 16.5. The molecule has 1 unspecified atom stereocenters. The number of aliphatic hydroxyl groups is 1. The van der Waals surface area contributed by atoms with E-state index in [1.54, 1.807) is 18.2 Å². The monoisotopic (exact) mass is 263 g/mol. The number of hydrogen-bond donors (Lipinski definition) is 2. The van der Waals surface area contributed by atoms with E-state index in [2.05, 4.69) is 5.32 Å². The molecule has 2 rings (SSSR count). The summed E-state index contributed by atoms with van der Waals surface area (Å²) in [6.07, 6.45) is -0.607. The Kier molecular flexibility index (Phi) is 3.85. The lowest BCUT2D eigenvalue weighted by atomic mass is 10.1. The summed E-state index contributed by atoms with van der Waals surface area (Å²) >= 11 is 0. The van der Waals surface area contributed by atoms with E-state index < -0.39 is 12.0 Å². The Morgan fingerprint density at radius 3 is 2.89 bits per heavy atom. The van der Waals surface area contributed by atoms with Gasteiger partial charge >= 0.3 is 5.97 Å². The van der Waals surface area contributed by atoms with E-state index in [0.717, 1.165) is 5.56 Å². The lowest BCUT2D eigenvalue weighted by Gasteiger charge is -2.13. The highest BCUT2D eigenvalue weighted by molar-refractivity contribution is 5.97. The van der Waals surface area contributed by atoms with Gasteiger partial charge < -0.3 is 15.2 Å². The van der Waals surface area contributed by atoms with Crippen LogP contribution < -0.4 is 5.32 Å². The third-order valence-electron chi connectivity index (χ3n) is 2.95. The van der Waals surface area contributed by atoms with Crippen LogP contribution in [0.1, 0.15) is 36.2 Å². The molecule has 0 spiro atoms. The second-order valence-electron chi connectivity index (χ2n) is 5.08. The second kappa shape index (κ2) is 5.40. The molecule has 0 saturated carbocycles. The predicted molar refractivity (Wildman–Crippen MR) is 69.7 cm³/mol. The summed E-state index contributed by atoms with van der Waals surface area (Å²) in [7, 11) is 0. The van der Waals surface area contributed by atoms with Crippen molar-refractivity contribution >= 4 is 17.6 Å². The molecule has 0 aliphatic carbocycles. The fraction of sp³-hybridized carbons (Fsp3) is 0.429. The molecule has 5 heteroatoms. The van der Waals surface area contributed by atoms with Crippen LogP contribution in [0.15, 0.2) is 18.2 Å². The Bertz CT molecular complexity index is 510. The lowest BCUT2D eigenvalue weighted by Crippen LogP contribution is -2.28. The predicted octanol–water partition coefficient (Wildman–Crippen LogP) is 1.70. The van der Waals surface area contributed by atoms with Crippen LogP contribution in [0.25, 0.3) is 0 Å². The molecule has 1 aromatic rings. The summed E-state index contributed by atoms with van der Waals surface area (Å²) in [5.74, 6) is -0.529. The standard InChI is InChI=1S/C14H17NO4/c1-8(2)5-12(16)13(17)15-10-3-4-11-9(6-10)7-19-14(11)18/h3-4,6,8,12,16H,5,7H2,1-2H3,(H,15,17). The normalized spacial score (nSPS) is 15.1. The van der Waals surface area contributed by atoms with Crippen LogP contribution in [0.3, 0.4) is 0 Å². The summed E-state index contributed by atoms with van der Waals surface area (Å²) in [6.45, 7) is 4.11. The molecule has 0 aromatic heterocycles. The Morgan fingerprint density at radius 1 is 1.47 bits per heavy atom. The number of cyclic esters (lactones) is 1. The summed E-state index contributed by atoms with van der Waals surface area (Å²) in [6, 6.07) is 4.95. The molecule has 5 nitrogen and oxygen atoms in total. The van der Waals surface area contributed by atoms with E-state index in [1.807, 2.05) is 13.8 Å². The molecule has 19 heavy (non-hydrogen) atoms. The van der Waals surface area contributed by atoms with Gasteiger partial charge in [-0.2, -0.15) is 0 Å². The number of amides is 1. The average molecular weight is 263 g/mol. The van der Waals surface area contributed by atoms with Gasteiger partial charge in [-0.15, -0.1) is 0 Å². The number of aliphatic hydroxyl groups excluding tert-OH is 1. The van der Waals surface area contributed by atoms with Gasteiger partial charge in [-0.1, -0.05) is 13.8 Å². The minimum Gasteiger partial charge on any atom is -0.457 e. The summed E-state index contributed by atoms with van der Waals surface area (Å²) in [5, 5.41) is 12.3. The number of hydrogen-bond acceptors (Lipinski definition) is 4.